The van der Waals surface area contributed by atoms with E-state index in [0.29, 0.717) is 23.8 Å². The molecule has 1 aliphatic heterocycles. The number of ether oxygens (including phenoxy) is 1. The molecule has 1 amide bonds. The first-order chi connectivity index (χ1) is 10.0. The number of methoxy groups -OCH3 is 1. The molecule has 1 heterocycles. The lowest BCUT2D eigenvalue weighted by Crippen LogP contribution is -2.41. The Morgan fingerprint density at radius 3 is 2.86 bits per heavy atom. The highest BCUT2D eigenvalue weighted by atomic mass is 16.5. The molecule has 21 heavy (non-hydrogen) atoms. The molecule has 1 atom stereocenters. The zero-order chi connectivity index (χ0) is 15.4. The summed E-state index contributed by atoms with van der Waals surface area (Å²) in [4.78, 5) is 16.5. The van der Waals surface area contributed by atoms with Gasteiger partial charge in [0.1, 0.15) is 0 Å². The molecule has 0 spiro atoms. The summed E-state index contributed by atoms with van der Waals surface area (Å²) in [7, 11) is 5.59. The Hall–Kier alpha value is -1.75. The first-order valence-corrected chi connectivity index (χ1v) is 7.38. The van der Waals surface area contributed by atoms with E-state index >= 15 is 0 Å². The van der Waals surface area contributed by atoms with Crippen LogP contribution in [-0.4, -0.2) is 51.7 Å². The second-order valence-corrected chi connectivity index (χ2v) is 5.88. The molecule has 5 heteroatoms. The van der Waals surface area contributed by atoms with Crippen LogP contribution in [0.15, 0.2) is 18.2 Å². The number of benzene rings is 1. The van der Waals surface area contributed by atoms with Crippen molar-refractivity contribution in [3.05, 3.63) is 23.8 Å². The van der Waals surface area contributed by atoms with Gasteiger partial charge in [0.05, 0.1) is 18.0 Å². The predicted molar refractivity (Wildman–Crippen MR) is 85.7 cm³/mol. The summed E-state index contributed by atoms with van der Waals surface area (Å²) in [6.45, 7) is 2.29. The molecule has 2 N–H and O–H groups in total. The van der Waals surface area contributed by atoms with Crippen LogP contribution in [0.3, 0.4) is 0 Å². The zero-order valence-electron chi connectivity index (χ0n) is 13.1. The van der Waals surface area contributed by atoms with Crippen molar-refractivity contribution in [1.82, 2.24) is 4.90 Å². The largest absolute Gasteiger partial charge is 0.397 e. The molecule has 1 fully saturated rings. The van der Waals surface area contributed by atoms with Crippen molar-refractivity contribution in [2.24, 2.45) is 5.92 Å². The van der Waals surface area contributed by atoms with Crippen molar-refractivity contribution < 1.29 is 9.53 Å². The van der Waals surface area contributed by atoms with Gasteiger partial charge in [0, 0.05) is 39.9 Å². The van der Waals surface area contributed by atoms with E-state index in [-0.39, 0.29) is 5.91 Å². The third kappa shape index (κ3) is 3.67. The number of hydrogen-bond acceptors (Lipinski definition) is 4. The lowest BCUT2D eigenvalue weighted by molar-refractivity contribution is 0.0571. The summed E-state index contributed by atoms with van der Waals surface area (Å²) in [5.41, 5.74) is 8.26. The molecule has 0 bridgehead atoms. The van der Waals surface area contributed by atoms with E-state index in [0.717, 1.165) is 31.6 Å². The fraction of sp³-hybridized carbons (Fsp3) is 0.562. The van der Waals surface area contributed by atoms with Crippen LogP contribution in [0.4, 0.5) is 11.4 Å². The SMILES string of the molecule is COCC1CCCN(C(=O)c2ccc(N(C)C)c(N)c2)C1. The number of nitrogens with two attached hydrogens (primary N) is 1. The number of rotatable bonds is 4. The number of nitrogen functional groups attached to an aromatic ring is 1. The molecule has 0 aliphatic carbocycles. The summed E-state index contributed by atoms with van der Waals surface area (Å²) in [6.07, 6.45) is 2.16. The van der Waals surface area contributed by atoms with Crippen LogP contribution in [0.1, 0.15) is 23.2 Å². The minimum absolute atomic E-state index is 0.0628. The van der Waals surface area contributed by atoms with Crippen LogP contribution >= 0.6 is 0 Å². The molecule has 2 rings (SSSR count). The molecule has 0 saturated carbocycles. The highest BCUT2D eigenvalue weighted by molar-refractivity contribution is 5.96. The van der Waals surface area contributed by atoms with Crippen LogP contribution < -0.4 is 10.6 Å². The van der Waals surface area contributed by atoms with Crippen molar-refractivity contribution in [2.75, 3.05) is 51.5 Å². The smallest absolute Gasteiger partial charge is 0.253 e. The first-order valence-electron chi connectivity index (χ1n) is 7.38. The van der Waals surface area contributed by atoms with E-state index in [1.165, 1.54) is 0 Å². The Labute approximate surface area is 126 Å². The average molecular weight is 291 g/mol. The number of piperidine rings is 1. The predicted octanol–water partition coefficient (Wildman–Crippen LogP) is 1.83. The van der Waals surface area contributed by atoms with Gasteiger partial charge in [0.25, 0.3) is 5.91 Å². The molecule has 1 aromatic rings. The highest BCUT2D eigenvalue weighted by Gasteiger charge is 2.24. The number of anilines is 2. The van der Waals surface area contributed by atoms with Crippen molar-refractivity contribution in [3.8, 4) is 0 Å². The van der Waals surface area contributed by atoms with Crippen LogP contribution in [0.5, 0.6) is 0 Å². The maximum absolute atomic E-state index is 12.6. The van der Waals surface area contributed by atoms with Gasteiger partial charge in [-0.15, -0.1) is 0 Å². The Balaban J connectivity index is 2.10. The van der Waals surface area contributed by atoms with Crippen molar-refractivity contribution in [1.29, 1.82) is 0 Å². The molecule has 1 aliphatic rings. The second kappa shape index (κ2) is 6.80. The number of amides is 1. The number of hydrogen-bond donors (Lipinski definition) is 1. The van der Waals surface area contributed by atoms with Gasteiger partial charge in [-0.05, 0) is 37.0 Å². The van der Waals surface area contributed by atoms with Gasteiger partial charge in [0.2, 0.25) is 0 Å². The maximum atomic E-state index is 12.6. The summed E-state index contributed by atoms with van der Waals surface area (Å²) in [6, 6.07) is 5.53. The molecule has 116 valence electrons. The summed E-state index contributed by atoms with van der Waals surface area (Å²) < 4.78 is 5.21. The number of likely N-dealkylation sites (tertiary alicyclic amines) is 1. The third-order valence-electron chi connectivity index (χ3n) is 3.96. The number of carbonyl (C=O) groups is 1. The van der Waals surface area contributed by atoms with Crippen molar-refractivity contribution in [3.63, 3.8) is 0 Å². The van der Waals surface area contributed by atoms with E-state index in [1.807, 2.05) is 36.0 Å². The van der Waals surface area contributed by atoms with Gasteiger partial charge in [0.15, 0.2) is 0 Å². The normalized spacial score (nSPS) is 18.6. The van der Waals surface area contributed by atoms with E-state index in [2.05, 4.69) is 0 Å². The van der Waals surface area contributed by atoms with E-state index in [1.54, 1.807) is 13.2 Å². The van der Waals surface area contributed by atoms with Crippen LogP contribution in [0.25, 0.3) is 0 Å². The highest BCUT2D eigenvalue weighted by Crippen LogP contribution is 2.24. The Bertz CT molecular complexity index is 500. The quantitative estimate of drug-likeness (QED) is 0.860. The molecule has 0 radical (unpaired) electrons. The Morgan fingerprint density at radius 2 is 2.24 bits per heavy atom. The molecular weight excluding hydrogens is 266 g/mol. The van der Waals surface area contributed by atoms with Crippen LogP contribution in [-0.2, 0) is 4.74 Å². The van der Waals surface area contributed by atoms with Crippen molar-refractivity contribution >= 4 is 17.3 Å². The Kier molecular flexibility index (Phi) is 5.07. The van der Waals surface area contributed by atoms with Crippen LogP contribution in [0, 0.1) is 5.92 Å². The average Bonchev–Trinajstić information content (AvgIpc) is 2.46. The van der Waals surface area contributed by atoms with Gasteiger partial charge < -0.3 is 20.3 Å². The second-order valence-electron chi connectivity index (χ2n) is 5.88. The van der Waals surface area contributed by atoms with Gasteiger partial charge in [-0.3, -0.25) is 4.79 Å². The third-order valence-corrected chi connectivity index (χ3v) is 3.96. The minimum Gasteiger partial charge on any atom is -0.397 e. The fourth-order valence-electron chi connectivity index (χ4n) is 2.90. The number of carbonyl (C=O) groups excluding carboxylic acids is 1. The van der Waals surface area contributed by atoms with E-state index in [4.69, 9.17) is 10.5 Å². The van der Waals surface area contributed by atoms with Gasteiger partial charge in [-0.1, -0.05) is 0 Å². The summed E-state index contributed by atoms with van der Waals surface area (Å²) in [5, 5.41) is 0. The topological polar surface area (TPSA) is 58.8 Å². The van der Waals surface area contributed by atoms with Gasteiger partial charge in [-0.25, -0.2) is 0 Å². The van der Waals surface area contributed by atoms with Crippen LogP contribution in [0.2, 0.25) is 0 Å². The van der Waals surface area contributed by atoms with Crippen molar-refractivity contribution in [2.45, 2.75) is 12.8 Å². The number of nitrogens with zero attached hydrogens (tertiary/aromatic N) is 2. The Morgan fingerprint density at radius 1 is 1.48 bits per heavy atom. The monoisotopic (exact) mass is 291 g/mol. The minimum atomic E-state index is 0.0628. The van der Waals surface area contributed by atoms with Gasteiger partial charge in [-0.2, -0.15) is 0 Å². The maximum Gasteiger partial charge on any atom is 0.253 e. The molecule has 1 saturated heterocycles. The van der Waals surface area contributed by atoms with E-state index in [9.17, 15) is 4.79 Å². The fourth-order valence-corrected chi connectivity index (χ4v) is 2.90. The van der Waals surface area contributed by atoms with Gasteiger partial charge >= 0.3 is 0 Å². The lowest BCUT2D eigenvalue weighted by Gasteiger charge is -2.32. The molecule has 1 aromatic carbocycles. The first kappa shape index (κ1) is 15.6. The molecular formula is C16H25N3O2. The lowest BCUT2D eigenvalue weighted by atomic mass is 9.98. The summed E-state index contributed by atoms with van der Waals surface area (Å²) >= 11 is 0. The molecule has 5 nitrogen and oxygen atoms in total. The summed E-state index contributed by atoms with van der Waals surface area (Å²) in [5.74, 6) is 0.499. The molecule has 0 aromatic heterocycles. The standard InChI is InChI=1S/C16H25N3O2/c1-18(2)15-7-6-13(9-14(15)17)16(20)19-8-4-5-12(10-19)11-21-3/h6-7,9,12H,4-5,8,10-11,17H2,1-3H3. The zero-order valence-corrected chi connectivity index (χ0v) is 13.1. The molecule has 1 unspecified atom stereocenters. The van der Waals surface area contributed by atoms with E-state index < -0.39 is 0 Å².